The van der Waals surface area contributed by atoms with E-state index in [1.807, 2.05) is 0 Å². The summed E-state index contributed by atoms with van der Waals surface area (Å²) in [5.41, 5.74) is 0.194. The maximum absolute atomic E-state index is 5.57. The van der Waals surface area contributed by atoms with Crippen molar-refractivity contribution in [3.05, 3.63) is 0 Å². The number of hydrogen-bond acceptors (Lipinski definition) is 1. The van der Waals surface area contributed by atoms with Crippen molar-refractivity contribution < 1.29 is 4.74 Å². The molecule has 9 heavy (non-hydrogen) atoms. The molecule has 0 radical (unpaired) electrons. The largest absolute Gasteiger partial charge is 0.372 e. The predicted octanol–water partition coefficient (Wildman–Crippen LogP) is 2.35. The van der Waals surface area contributed by atoms with Crippen LogP contribution in [-0.2, 0) is 4.74 Å². The summed E-state index contributed by atoms with van der Waals surface area (Å²) in [6, 6.07) is 0. The topological polar surface area (TPSA) is 9.23 Å². The van der Waals surface area contributed by atoms with Crippen molar-refractivity contribution in [3.8, 4) is 0 Å². The van der Waals surface area contributed by atoms with Crippen molar-refractivity contribution >= 4 is 0 Å². The van der Waals surface area contributed by atoms with E-state index in [2.05, 4.69) is 20.8 Å². The highest BCUT2D eigenvalue weighted by atomic mass is 16.5. The Bertz CT molecular complexity index is 88.7. The lowest BCUT2D eigenvalue weighted by Gasteiger charge is -2.43. The molecule has 1 fully saturated rings. The minimum absolute atomic E-state index is 0.194. The van der Waals surface area contributed by atoms with Gasteiger partial charge in [-0.2, -0.15) is 0 Å². The summed E-state index contributed by atoms with van der Waals surface area (Å²) in [6.07, 6.45) is 4.32. The van der Waals surface area contributed by atoms with Gasteiger partial charge in [-0.3, -0.25) is 0 Å². The average molecular weight is 128 g/mol. The van der Waals surface area contributed by atoms with Crippen molar-refractivity contribution in [2.45, 2.75) is 51.7 Å². The van der Waals surface area contributed by atoms with E-state index in [0.29, 0.717) is 6.10 Å². The minimum Gasteiger partial charge on any atom is -0.372 e. The molecule has 0 aromatic heterocycles. The smallest absolute Gasteiger partial charge is 0.0655 e. The zero-order chi connectivity index (χ0) is 6.91. The van der Waals surface area contributed by atoms with E-state index in [9.17, 15) is 0 Å². The molecular formula is C8H16O. The van der Waals surface area contributed by atoms with Gasteiger partial charge in [-0.1, -0.05) is 13.3 Å². The van der Waals surface area contributed by atoms with Crippen LogP contribution in [0.3, 0.4) is 0 Å². The van der Waals surface area contributed by atoms with Crippen LogP contribution in [0.15, 0.2) is 0 Å². The van der Waals surface area contributed by atoms with Crippen LogP contribution in [0.25, 0.3) is 0 Å². The molecule has 1 heterocycles. The predicted molar refractivity (Wildman–Crippen MR) is 38.5 cm³/mol. The molecular weight excluding hydrogens is 112 g/mol. The Labute approximate surface area is 57.4 Å². The molecule has 1 aliphatic rings. The molecule has 0 N–H and O–H groups in total. The second-order valence-electron chi connectivity index (χ2n) is 3.49. The third-order valence-corrected chi connectivity index (χ3v) is 1.82. The van der Waals surface area contributed by atoms with Crippen LogP contribution in [0.1, 0.15) is 40.0 Å². The van der Waals surface area contributed by atoms with Crippen LogP contribution in [0.2, 0.25) is 0 Å². The highest BCUT2D eigenvalue weighted by Gasteiger charge is 2.35. The summed E-state index contributed by atoms with van der Waals surface area (Å²) in [7, 11) is 0. The summed E-state index contributed by atoms with van der Waals surface area (Å²) < 4.78 is 5.57. The molecule has 0 bridgehead atoms. The van der Waals surface area contributed by atoms with E-state index in [-0.39, 0.29) is 5.60 Å². The standard InChI is InChI=1S/C8H16O/c1-4-5-7-6-8(2,3)9-7/h7H,4-6H2,1-3H3. The van der Waals surface area contributed by atoms with Gasteiger partial charge in [0.1, 0.15) is 0 Å². The van der Waals surface area contributed by atoms with Gasteiger partial charge in [0, 0.05) is 6.42 Å². The molecule has 1 unspecified atom stereocenters. The van der Waals surface area contributed by atoms with E-state index < -0.39 is 0 Å². The van der Waals surface area contributed by atoms with Crippen molar-refractivity contribution in [1.82, 2.24) is 0 Å². The zero-order valence-electron chi connectivity index (χ0n) is 6.61. The van der Waals surface area contributed by atoms with Crippen LogP contribution >= 0.6 is 0 Å². The Kier molecular flexibility index (Phi) is 1.80. The maximum Gasteiger partial charge on any atom is 0.0655 e. The molecule has 0 saturated carbocycles. The molecule has 0 aliphatic carbocycles. The summed E-state index contributed by atoms with van der Waals surface area (Å²) in [4.78, 5) is 0. The van der Waals surface area contributed by atoms with Gasteiger partial charge in [0.2, 0.25) is 0 Å². The Morgan fingerprint density at radius 1 is 1.56 bits per heavy atom. The zero-order valence-corrected chi connectivity index (χ0v) is 6.61. The highest BCUT2D eigenvalue weighted by molar-refractivity contribution is 4.84. The van der Waals surface area contributed by atoms with Gasteiger partial charge in [-0.25, -0.2) is 0 Å². The van der Waals surface area contributed by atoms with Crippen LogP contribution in [0, 0.1) is 0 Å². The average Bonchev–Trinajstić information content (AvgIpc) is 1.62. The second-order valence-corrected chi connectivity index (χ2v) is 3.49. The maximum atomic E-state index is 5.57. The fourth-order valence-corrected chi connectivity index (χ4v) is 1.47. The van der Waals surface area contributed by atoms with Crippen LogP contribution < -0.4 is 0 Å². The van der Waals surface area contributed by atoms with E-state index in [4.69, 9.17) is 4.74 Å². The van der Waals surface area contributed by atoms with Crippen molar-refractivity contribution in [3.63, 3.8) is 0 Å². The first kappa shape index (κ1) is 7.07. The molecule has 1 rings (SSSR count). The van der Waals surface area contributed by atoms with Gasteiger partial charge in [0.15, 0.2) is 0 Å². The lowest BCUT2D eigenvalue weighted by atomic mass is 9.91. The summed E-state index contributed by atoms with van der Waals surface area (Å²) >= 11 is 0. The summed E-state index contributed by atoms with van der Waals surface area (Å²) in [6.45, 7) is 6.51. The second kappa shape index (κ2) is 2.30. The molecule has 1 atom stereocenters. The Hall–Kier alpha value is -0.0400. The first-order valence-electron chi connectivity index (χ1n) is 3.82. The molecule has 54 valence electrons. The fraction of sp³-hybridized carbons (Fsp3) is 1.00. The van der Waals surface area contributed by atoms with Crippen molar-refractivity contribution in [1.29, 1.82) is 0 Å². The van der Waals surface area contributed by atoms with E-state index >= 15 is 0 Å². The normalized spacial score (nSPS) is 31.7. The van der Waals surface area contributed by atoms with Crippen LogP contribution in [-0.4, -0.2) is 11.7 Å². The Balaban J connectivity index is 2.12. The van der Waals surface area contributed by atoms with Crippen molar-refractivity contribution in [2.24, 2.45) is 0 Å². The van der Waals surface area contributed by atoms with E-state index in [1.165, 1.54) is 19.3 Å². The molecule has 1 nitrogen and oxygen atoms in total. The monoisotopic (exact) mass is 128 g/mol. The molecule has 1 saturated heterocycles. The van der Waals surface area contributed by atoms with Gasteiger partial charge in [-0.05, 0) is 20.3 Å². The van der Waals surface area contributed by atoms with Gasteiger partial charge >= 0.3 is 0 Å². The summed E-state index contributed by atoms with van der Waals surface area (Å²) in [5.74, 6) is 0. The quantitative estimate of drug-likeness (QED) is 0.554. The van der Waals surface area contributed by atoms with Gasteiger partial charge in [0.25, 0.3) is 0 Å². The molecule has 0 amide bonds. The van der Waals surface area contributed by atoms with Gasteiger partial charge in [-0.15, -0.1) is 0 Å². The minimum atomic E-state index is 0.194. The molecule has 0 spiro atoms. The highest BCUT2D eigenvalue weighted by Crippen LogP contribution is 2.33. The first-order chi connectivity index (χ1) is 4.14. The van der Waals surface area contributed by atoms with Gasteiger partial charge < -0.3 is 4.74 Å². The van der Waals surface area contributed by atoms with Crippen molar-refractivity contribution in [2.75, 3.05) is 0 Å². The van der Waals surface area contributed by atoms with Crippen LogP contribution in [0.4, 0.5) is 0 Å². The molecule has 0 aromatic carbocycles. The molecule has 1 aliphatic heterocycles. The number of rotatable bonds is 2. The first-order valence-corrected chi connectivity index (χ1v) is 3.82. The summed E-state index contributed by atoms with van der Waals surface area (Å²) in [5, 5.41) is 0. The molecule has 0 aromatic rings. The molecule has 1 heteroatoms. The van der Waals surface area contributed by atoms with Gasteiger partial charge in [0.05, 0.1) is 11.7 Å². The Morgan fingerprint density at radius 2 is 2.11 bits per heavy atom. The van der Waals surface area contributed by atoms with Crippen LogP contribution in [0.5, 0.6) is 0 Å². The van der Waals surface area contributed by atoms with E-state index in [1.54, 1.807) is 0 Å². The Morgan fingerprint density at radius 3 is 2.44 bits per heavy atom. The fourth-order valence-electron chi connectivity index (χ4n) is 1.47. The lowest BCUT2D eigenvalue weighted by Crippen LogP contribution is -2.45. The number of ether oxygens (including phenoxy) is 1. The third-order valence-electron chi connectivity index (χ3n) is 1.82. The van der Waals surface area contributed by atoms with E-state index in [0.717, 1.165) is 0 Å². The lowest BCUT2D eigenvalue weighted by molar-refractivity contribution is -0.186. The SMILES string of the molecule is CCCC1CC(C)(C)O1. The number of hydrogen-bond donors (Lipinski definition) is 0. The third kappa shape index (κ3) is 1.68.